The molecule has 0 radical (unpaired) electrons. The lowest BCUT2D eigenvalue weighted by Crippen LogP contribution is -2.25. The molecular weight excluding hydrogens is 257 g/mol. The smallest absolute Gasteiger partial charge is 0.252 e. The van der Waals surface area contributed by atoms with Gasteiger partial charge in [0.15, 0.2) is 0 Å². The summed E-state index contributed by atoms with van der Waals surface area (Å²) in [7, 11) is 0. The molecule has 1 aliphatic rings. The number of rotatable bonds is 1. The summed E-state index contributed by atoms with van der Waals surface area (Å²) >= 11 is 0. The Labute approximate surface area is 106 Å². The average molecular weight is 268 g/mol. The Morgan fingerprint density at radius 3 is 2.79 bits per heavy atom. The largest absolute Gasteiger partial charge is 0.366 e. The highest BCUT2D eigenvalue weighted by molar-refractivity contribution is 6.06. The molecule has 0 saturated carbocycles. The van der Waals surface area contributed by atoms with Gasteiger partial charge in [0.05, 0.1) is 11.1 Å². The minimum Gasteiger partial charge on any atom is -0.366 e. The fraction of sp³-hybridized carbons (Fsp3) is 0.308. The van der Waals surface area contributed by atoms with Gasteiger partial charge in [-0.25, -0.2) is 13.2 Å². The molecule has 1 amide bonds. The maximum absolute atomic E-state index is 13.5. The maximum atomic E-state index is 13.5. The van der Waals surface area contributed by atoms with Crippen LogP contribution in [-0.2, 0) is 12.8 Å². The van der Waals surface area contributed by atoms with Gasteiger partial charge in [-0.3, -0.25) is 4.79 Å². The number of benzene rings is 1. The number of alkyl halides is 2. The number of amides is 1. The van der Waals surface area contributed by atoms with E-state index in [0.29, 0.717) is 22.2 Å². The third-order valence-electron chi connectivity index (χ3n) is 3.51. The standard InChI is InChI=1S/C13H11F3N2O/c14-6-3-7-9-5-13(15,16)2-1-10(9)18-11(7)8(4-6)12(17)19/h3-4,18H,1-2,5H2,(H2,17,19). The lowest BCUT2D eigenvalue weighted by Gasteiger charge is -2.21. The number of nitrogens with two attached hydrogens (primary N) is 1. The number of halogens is 3. The van der Waals surface area contributed by atoms with E-state index >= 15 is 0 Å². The van der Waals surface area contributed by atoms with Crippen LogP contribution in [0.25, 0.3) is 10.9 Å². The van der Waals surface area contributed by atoms with Gasteiger partial charge in [0.1, 0.15) is 5.82 Å². The van der Waals surface area contributed by atoms with Gasteiger partial charge >= 0.3 is 0 Å². The molecule has 0 unspecified atom stereocenters. The Bertz CT molecular complexity index is 691. The van der Waals surface area contributed by atoms with Crippen molar-refractivity contribution in [1.82, 2.24) is 4.98 Å². The predicted molar refractivity (Wildman–Crippen MR) is 63.7 cm³/mol. The van der Waals surface area contributed by atoms with Crippen molar-refractivity contribution in [3.05, 3.63) is 34.8 Å². The number of fused-ring (bicyclic) bond motifs is 3. The number of H-pyrrole nitrogens is 1. The highest BCUT2D eigenvalue weighted by atomic mass is 19.3. The van der Waals surface area contributed by atoms with Gasteiger partial charge in [0, 0.05) is 23.9 Å². The Balaban J connectivity index is 2.30. The number of aromatic nitrogens is 1. The number of aryl methyl sites for hydroxylation is 1. The van der Waals surface area contributed by atoms with Crippen molar-refractivity contribution in [1.29, 1.82) is 0 Å². The van der Waals surface area contributed by atoms with Crippen LogP contribution in [0.2, 0.25) is 0 Å². The van der Waals surface area contributed by atoms with Gasteiger partial charge in [-0.1, -0.05) is 0 Å². The van der Waals surface area contributed by atoms with Crippen LogP contribution in [-0.4, -0.2) is 16.8 Å². The number of hydrogen-bond donors (Lipinski definition) is 2. The Morgan fingerprint density at radius 2 is 2.11 bits per heavy atom. The van der Waals surface area contributed by atoms with E-state index in [1.807, 2.05) is 0 Å². The van der Waals surface area contributed by atoms with Crippen LogP contribution in [0.3, 0.4) is 0 Å². The molecule has 1 aromatic carbocycles. The molecule has 19 heavy (non-hydrogen) atoms. The molecular formula is C13H11F3N2O. The van der Waals surface area contributed by atoms with E-state index in [0.717, 1.165) is 6.07 Å². The highest BCUT2D eigenvalue weighted by Crippen LogP contribution is 2.37. The van der Waals surface area contributed by atoms with Gasteiger partial charge in [0.25, 0.3) is 11.8 Å². The topological polar surface area (TPSA) is 58.9 Å². The van der Waals surface area contributed by atoms with Crippen molar-refractivity contribution in [2.75, 3.05) is 0 Å². The third kappa shape index (κ3) is 1.87. The van der Waals surface area contributed by atoms with E-state index < -0.39 is 24.1 Å². The second-order valence-electron chi connectivity index (χ2n) is 4.85. The highest BCUT2D eigenvalue weighted by Gasteiger charge is 2.36. The Kier molecular flexibility index (Phi) is 2.39. The van der Waals surface area contributed by atoms with Crippen molar-refractivity contribution in [2.24, 2.45) is 5.73 Å². The van der Waals surface area contributed by atoms with E-state index in [4.69, 9.17) is 5.73 Å². The first kappa shape index (κ1) is 12.1. The maximum Gasteiger partial charge on any atom is 0.252 e. The molecule has 2 aromatic rings. The molecule has 3 rings (SSSR count). The summed E-state index contributed by atoms with van der Waals surface area (Å²) in [6.07, 6.45) is -0.512. The zero-order chi connectivity index (χ0) is 13.8. The van der Waals surface area contributed by atoms with Gasteiger partial charge in [-0.05, 0) is 24.1 Å². The van der Waals surface area contributed by atoms with Crippen LogP contribution in [0.15, 0.2) is 12.1 Å². The zero-order valence-electron chi connectivity index (χ0n) is 9.90. The molecule has 6 heteroatoms. The lowest BCUT2D eigenvalue weighted by molar-refractivity contribution is -0.0121. The van der Waals surface area contributed by atoms with Crippen LogP contribution in [0.5, 0.6) is 0 Å². The molecule has 1 aromatic heterocycles. The summed E-state index contributed by atoms with van der Waals surface area (Å²) in [4.78, 5) is 14.2. The fourth-order valence-corrected chi connectivity index (χ4v) is 2.63. The fourth-order valence-electron chi connectivity index (χ4n) is 2.63. The molecule has 1 aliphatic carbocycles. The number of aromatic amines is 1. The van der Waals surface area contributed by atoms with E-state index in [1.54, 1.807) is 0 Å². The summed E-state index contributed by atoms with van der Waals surface area (Å²) in [5.74, 6) is -4.23. The van der Waals surface area contributed by atoms with Crippen LogP contribution >= 0.6 is 0 Å². The van der Waals surface area contributed by atoms with E-state index in [9.17, 15) is 18.0 Å². The van der Waals surface area contributed by atoms with Crippen LogP contribution in [0.4, 0.5) is 13.2 Å². The van der Waals surface area contributed by atoms with Crippen molar-refractivity contribution >= 4 is 16.8 Å². The SMILES string of the molecule is NC(=O)c1cc(F)cc2c3c([nH]c12)CCC(F)(F)C3. The number of nitrogens with one attached hydrogen (secondary N) is 1. The Morgan fingerprint density at radius 1 is 1.37 bits per heavy atom. The summed E-state index contributed by atoms with van der Waals surface area (Å²) in [6.45, 7) is 0. The summed E-state index contributed by atoms with van der Waals surface area (Å²) in [6, 6.07) is 2.18. The van der Waals surface area contributed by atoms with Gasteiger partial charge < -0.3 is 10.7 Å². The van der Waals surface area contributed by atoms with Crippen molar-refractivity contribution in [2.45, 2.75) is 25.2 Å². The molecule has 0 saturated heterocycles. The first-order valence-electron chi connectivity index (χ1n) is 5.88. The monoisotopic (exact) mass is 268 g/mol. The first-order valence-corrected chi connectivity index (χ1v) is 5.88. The van der Waals surface area contributed by atoms with Crippen molar-refractivity contribution in [3.63, 3.8) is 0 Å². The summed E-state index contributed by atoms with van der Waals surface area (Å²) in [5.41, 5.74) is 6.54. The molecule has 0 spiro atoms. The van der Waals surface area contributed by atoms with Gasteiger partial charge in [-0.2, -0.15) is 0 Å². The quantitative estimate of drug-likeness (QED) is 0.820. The second-order valence-corrected chi connectivity index (χ2v) is 4.85. The summed E-state index contributed by atoms with van der Waals surface area (Å²) in [5, 5.41) is 0.322. The number of carbonyl (C=O) groups excluding carboxylic acids is 1. The van der Waals surface area contributed by atoms with E-state index in [1.165, 1.54) is 6.07 Å². The minimum atomic E-state index is -2.79. The minimum absolute atomic E-state index is 0.00674. The molecule has 0 fully saturated rings. The number of hydrogen-bond acceptors (Lipinski definition) is 1. The van der Waals surface area contributed by atoms with Crippen molar-refractivity contribution < 1.29 is 18.0 Å². The van der Waals surface area contributed by atoms with Crippen LogP contribution in [0.1, 0.15) is 28.0 Å². The molecule has 0 atom stereocenters. The lowest BCUT2D eigenvalue weighted by atomic mass is 9.92. The summed E-state index contributed by atoms with van der Waals surface area (Å²) < 4.78 is 40.4. The van der Waals surface area contributed by atoms with Gasteiger partial charge in [-0.15, -0.1) is 0 Å². The van der Waals surface area contributed by atoms with Crippen molar-refractivity contribution in [3.8, 4) is 0 Å². The predicted octanol–water partition coefficient (Wildman–Crippen LogP) is 2.53. The molecule has 3 nitrogen and oxygen atoms in total. The second kappa shape index (κ2) is 3.76. The zero-order valence-corrected chi connectivity index (χ0v) is 9.90. The van der Waals surface area contributed by atoms with E-state index in [-0.39, 0.29) is 18.4 Å². The van der Waals surface area contributed by atoms with Crippen LogP contribution < -0.4 is 5.73 Å². The molecule has 0 bridgehead atoms. The molecule has 0 aliphatic heterocycles. The number of primary amides is 1. The Hall–Kier alpha value is -1.98. The normalized spacial score (nSPS) is 17.4. The number of carbonyl (C=O) groups is 1. The average Bonchev–Trinajstić information content (AvgIpc) is 2.65. The first-order chi connectivity index (χ1) is 8.87. The molecule has 100 valence electrons. The van der Waals surface area contributed by atoms with Crippen LogP contribution in [0, 0.1) is 5.82 Å². The van der Waals surface area contributed by atoms with Gasteiger partial charge in [0.2, 0.25) is 0 Å². The molecule has 1 heterocycles. The third-order valence-corrected chi connectivity index (χ3v) is 3.51. The molecule has 3 N–H and O–H groups in total. The van der Waals surface area contributed by atoms with E-state index in [2.05, 4.69) is 4.98 Å².